The monoisotopic (exact) mass is 364 g/mol. The molecule has 0 radical (unpaired) electrons. The molecule has 0 saturated heterocycles. The van der Waals surface area contributed by atoms with E-state index in [9.17, 15) is 4.79 Å². The number of aromatic nitrogens is 2. The molecule has 4 nitrogen and oxygen atoms in total. The summed E-state index contributed by atoms with van der Waals surface area (Å²) in [6.45, 7) is 0. The van der Waals surface area contributed by atoms with Crippen LogP contribution in [0.2, 0.25) is 0 Å². The molecule has 2 aromatic carbocycles. The molecule has 0 fully saturated rings. The maximum atomic E-state index is 12.2. The second-order valence-electron chi connectivity index (χ2n) is 5.71. The highest BCUT2D eigenvalue weighted by Crippen LogP contribution is 2.29. The first-order valence-corrected chi connectivity index (χ1v) is 9.21. The van der Waals surface area contributed by atoms with Gasteiger partial charge in [0.2, 0.25) is 5.78 Å². The second-order valence-corrected chi connectivity index (χ2v) is 6.76. The number of thioether (sulfide) groups is 1. The topological polar surface area (TPSA) is 44.1 Å². The van der Waals surface area contributed by atoms with Crippen LogP contribution in [0.15, 0.2) is 71.8 Å². The van der Waals surface area contributed by atoms with Gasteiger partial charge >= 0.3 is 0 Å². The number of rotatable bonds is 7. The molecular weight excluding hydrogens is 344 g/mol. The molecular formula is C21H20N2O2S. The Morgan fingerprint density at radius 1 is 1.19 bits per heavy atom. The molecule has 0 aliphatic rings. The fourth-order valence-electron chi connectivity index (χ4n) is 2.53. The fraction of sp³-hybridized carbons (Fsp3) is 0.143. The van der Waals surface area contributed by atoms with Crippen LogP contribution in [0, 0.1) is 0 Å². The Balaban J connectivity index is 1.71. The smallest absolute Gasteiger partial charge is 0.203 e. The van der Waals surface area contributed by atoms with Crippen LogP contribution in [0.5, 0.6) is 5.75 Å². The lowest BCUT2D eigenvalue weighted by Gasteiger charge is -2.09. The molecule has 0 N–H and O–H groups in total. The first-order valence-electron chi connectivity index (χ1n) is 8.22. The minimum atomic E-state index is -0.0762. The summed E-state index contributed by atoms with van der Waals surface area (Å²) in [6, 6.07) is 18.0. The molecule has 1 heterocycles. The van der Waals surface area contributed by atoms with Gasteiger partial charge in [-0.15, -0.1) is 11.8 Å². The van der Waals surface area contributed by atoms with Crippen molar-refractivity contribution < 1.29 is 9.53 Å². The maximum Gasteiger partial charge on any atom is 0.203 e. The summed E-state index contributed by atoms with van der Waals surface area (Å²) in [5, 5.41) is 4.02. The third kappa shape index (κ3) is 4.43. The van der Waals surface area contributed by atoms with Gasteiger partial charge in [-0.3, -0.25) is 9.48 Å². The zero-order chi connectivity index (χ0) is 18.4. The Labute approximate surface area is 157 Å². The number of allylic oxidation sites excluding steroid dienone is 1. The Kier molecular flexibility index (Phi) is 5.92. The highest BCUT2D eigenvalue weighted by atomic mass is 32.2. The van der Waals surface area contributed by atoms with Gasteiger partial charge in [0.25, 0.3) is 0 Å². The van der Waals surface area contributed by atoms with Gasteiger partial charge in [-0.05, 0) is 35.9 Å². The molecule has 132 valence electrons. The third-order valence-electron chi connectivity index (χ3n) is 3.95. The molecule has 0 spiro atoms. The van der Waals surface area contributed by atoms with Crippen molar-refractivity contribution >= 4 is 23.6 Å². The average molecular weight is 364 g/mol. The normalized spacial score (nSPS) is 11.0. The summed E-state index contributed by atoms with van der Waals surface area (Å²) in [5.74, 6) is 1.57. The Hall–Kier alpha value is -2.79. The van der Waals surface area contributed by atoms with Crippen LogP contribution in [0.3, 0.4) is 0 Å². The first kappa shape index (κ1) is 18.0. The van der Waals surface area contributed by atoms with Crippen molar-refractivity contribution in [1.29, 1.82) is 0 Å². The Morgan fingerprint density at radius 3 is 2.69 bits per heavy atom. The van der Waals surface area contributed by atoms with E-state index < -0.39 is 0 Å². The van der Waals surface area contributed by atoms with Gasteiger partial charge in [-0.25, -0.2) is 0 Å². The van der Waals surface area contributed by atoms with Crippen LogP contribution in [-0.2, 0) is 12.8 Å². The summed E-state index contributed by atoms with van der Waals surface area (Å²) < 4.78 is 7.09. The van der Waals surface area contributed by atoms with Crippen LogP contribution >= 0.6 is 11.8 Å². The Morgan fingerprint density at radius 2 is 2.00 bits per heavy atom. The lowest BCUT2D eigenvalue weighted by Crippen LogP contribution is -2.03. The second kappa shape index (κ2) is 8.54. The van der Waals surface area contributed by atoms with Gasteiger partial charge in [-0.1, -0.05) is 36.4 Å². The number of hydrogen-bond donors (Lipinski definition) is 0. The number of ketones is 1. The predicted molar refractivity (Wildman–Crippen MR) is 106 cm³/mol. The first-order chi connectivity index (χ1) is 12.7. The van der Waals surface area contributed by atoms with Crippen molar-refractivity contribution in [2.45, 2.75) is 10.6 Å². The van der Waals surface area contributed by atoms with E-state index in [1.165, 1.54) is 4.90 Å². The summed E-state index contributed by atoms with van der Waals surface area (Å²) >= 11 is 1.77. The number of nitrogens with zero attached hydrogens (tertiary/aromatic N) is 2. The molecule has 0 bridgehead atoms. The molecule has 3 aromatic rings. The number of benzene rings is 2. The van der Waals surface area contributed by atoms with E-state index in [1.54, 1.807) is 55.0 Å². The molecule has 0 aliphatic carbocycles. The average Bonchev–Trinajstić information content (AvgIpc) is 3.11. The number of hydrogen-bond acceptors (Lipinski definition) is 4. The molecule has 3 rings (SSSR count). The molecule has 0 aliphatic heterocycles. The van der Waals surface area contributed by atoms with Crippen molar-refractivity contribution in [3.8, 4) is 5.75 Å². The van der Waals surface area contributed by atoms with E-state index in [1.807, 2.05) is 36.4 Å². The number of aryl methyl sites for hydroxylation is 1. The van der Waals surface area contributed by atoms with Crippen molar-refractivity contribution in [1.82, 2.24) is 9.78 Å². The summed E-state index contributed by atoms with van der Waals surface area (Å²) in [5.41, 5.74) is 2.60. The van der Waals surface area contributed by atoms with Gasteiger partial charge in [0.15, 0.2) is 0 Å². The number of carbonyl (C=O) groups is 1. The highest BCUT2D eigenvalue weighted by molar-refractivity contribution is 7.98. The van der Waals surface area contributed by atoms with E-state index in [-0.39, 0.29) is 5.78 Å². The molecule has 0 unspecified atom stereocenters. The summed E-state index contributed by atoms with van der Waals surface area (Å²) in [6.07, 6.45) is 4.97. The van der Waals surface area contributed by atoms with Crippen molar-refractivity contribution in [2.75, 3.05) is 7.11 Å². The maximum absolute atomic E-state index is 12.2. The highest BCUT2D eigenvalue weighted by Gasteiger charge is 2.07. The van der Waals surface area contributed by atoms with E-state index in [2.05, 4.69) is 17.2 Å². The van der Waals surface area contributed by atoms with Gasteiger partial charge < -0.3 is 4.74 Å². The molecule has 0 atom stereocenters. The summed E-state index contributed by atoms with van der Waals surface area (Å²) in [7, 11) is 3.42. The van der Waals surface area contributed by atoms with Gasteiger partial charge in [0.05, 0.1) is 7.11 Å². The number of carbonyl (C=O) groups excluding carboxylic acids is 1. The minimum absolute atomic E-state index is 0.0762. The van der Waals surface area contributed by atoms with Crippen LogP contribution in [-0.4, -0.2) is 22.7 Å². The van der Waals surface area contributed by atoms with E-state index in [0.717, 1.165) is 22.6 Å². The minimum Gasteiger partial charge on any atom is -0.496 e. The third-order valence-corrected chi connectivity index (χ3v) is 5.01. The van der Waals surface area contributed by atoms with E-state index in [4.69, 9.17) is 4.74 Å². The largest absolute Gasteiger partial charge is 0.496 e. The van der Waals surface area contributed by atoms with Crippen LogP contribution in [0.4, 0.5) is 0 Å². The molecule has 26 heavy (non-hydrogen) atoms. The molecule has 1 aromatic heterocycles. The van der Waals surface area contributed by atoms with Crippen molar-refractivity contribution in [3.63, 3.8) is 0 Å². The summed E-state index contributed by atoms with van der Waals surface area (Å²) in [4.78, 5) is 13.4. The fourth-order valence-corrected chi connectivity index (χ4v) is 3.45. The van der Waals surface area contributed by atoms with Crippen molar-refractivity contribution in [3.05, 3.63) is 83.7 Å². The molecule has 5 heteroatoms. The van der Waals surface area contributed by atoms with E-state index >= 15 is 0 Å². The zero-order valence-corrected chi connectivity index (χ0v) is 15.6. The lowest BCUT2D eigenvalue weighted by atomic mass is 10.1. The van der Waals surface area contributed by atoms with Crippen LogP contribution in [0.25, 0.3) is 6.08 Å². The van der Waals surface area contributed by atoms with Crippen LogP contribution < -0.4 is 4.74 Å². The Bertz CT molecular complexity index is 917. The molecule has 0 amide bonds. The standard InChI is InChI=1S/C21H20N2O2S/c1-23-19(12-13-22-23)20(24)11-9-16-8-10-17(21(14-16)25-2)15-26-18-6-4-3-5-7-18/h3-14H,15H2,1-2H3/b11-9+. The zero-order valence-electron chi connectivity index (χ0n) is 14.8. The van der Waals surface area contributed by atoms with Gasteiger partial charge in [0.1, 0.15) is 11.4 Å². The van der Waals surface area contributed by atoms with Crippen molar-refractivity contribution in [2.24, 2.45) is 7.05 Å². The van der Waals surface area contributed by atoms with E-state index in [0.29, 0.717) is 5.69 Å². The predicted octanol–water partition coefficient (Wildman–Crippen LogP) is 4.62. The molecule has 0 saturated carbocycles. The number of ether oxygens (including phenoxy) is 1. The quantitative estimate of drug-likeness (QED) is 0.349. The number of methoxy groups -OCH3 is 1. The lowest BCUT2D eigenvalue weighted by molar-refractivity contribution is 0.103. The SMILES string of the molecule is COc1cc(/C=C/C(=O)c2ccnn2C)ccc1CSc1ccccc1. The van der Waals surface area contributed by atoms with Gasteiger partial charge in [0, 0.05) is 29.5 Å². The van der Waals surface area contributed by atoms with Gasteiger partial charge in [-0.2, -0.15) is 5.10 Å². The van der Waals surface area contributed by atoms with Crippen LogP contribution in [0.1, 0.15) is 21.6 Å².